The van der Waals surface area contributed by atoms with E-state index >= 15 is 0 Å². The molecule has 2 aromatic rings. The van der Waals surface area contributed by atoms with Gasteiger partial charge in [0.15, 0.2) is 0 Å². The molecule has 0 aliphatic carbocycles. The molecule has 1 aromatic heterocycles. The van der Waals surface area contributed by atoms with Gasteiger partial charge in [-0.15, -0.1) is 5.10 Å². The Morgan fingerprint density at radius 3 is 2.52 bits per heavy atom. The summed E-state index contributed by atoms with van der Waals surface area (Å²) in [6.07, 6.45) is 4.39. The van der Waals surface area contributed by atoms with Crippen LogP contribution in [0.1, 0.15) is 24.0 Å². The van der Waals surface area contributed by atoms with Gasteiger partial charge in [-0.3, -0.25) is 4.31 Å². The molecule has 6 nitrogen and oxygen atoms in total. The van der Waals surface area contributed by atoms with Gasteiger partial charge in [0.25, 0.3) is 0 Å². The smallest absolute Gasteiger partial charge is 0.248 e. The summed E-state index contributed by atoms with van der Waals surface area (Å²) < 4.78 is 2.39. The number of H-pyrrole nitrogens is 1. The zero-order valence-electron chi connectivity index (χ0n) is 13.9. The third kappa shape index (κ3) is 4.39. The van der Waals surface area contributed by atoms with E-state index in [1.54, 1.807) is 0 Å². The second-order valence-corrected chi connectivity index (χ2v) is 6.92. The van der Waals surface area contributed by atoms with Crippen LogP contribution >= 0.6 is 11.9 Å². The Morgan fingerprint density at radius 1 is 1.17 bits per heavy atom. The second kappa shape index (κ2) is 7.23. The maximum Gasteiger partial charge on any atom is 0.248 e. The third-order valence-corrected chi connectivity index (χ3v) is 4.90. The van der Waals surface area contributed by atoms with Crippen LogP contribution in [0.4, 0.5) is 17.6 Å². The highest BCUT2D eigenvalue weighted by atomic mass is 32.2. The molecule has 0 unspecified atom stereocenters. The molecule has 1 aliphatic rings. The van der Waals surface area contributed by atoms with Crippen molar-refractivity contribution < 1.29 is 0 Å². The quantitative estimate of drug-likeness (QED) is 0.730. The molecule has 0 atom stereocenters. The number of anilines is 3. The number of nitrogens with zero attached hydrogens (tertiary/aromatic N) is 3. The van der Waals surface area contributed by atoms with Crippen molar-refractivity contribution in [2.75, 3.05) is 30.0 Å². The monoisotopic (exact) mass is 332 g/mol. The fourth-order valence-electron chi connectivity index (χ4n) is 2.93. The number of aryl methyl sites for hydroxylation is 2. The second-order valence-electron chi connectivity index (χ2n) is 6.04. The summed E-state index contributed by atoms with van der Waals surface area (Å²) in [7, 11) is 0. The first-order chi connectivity index (χ1) is 11.1. The molecule has 0 saturated carbocycles. The van der Waals surface area contributed by atoms with E-state index in [4.69, 9.17) is 0 Å². The number of benzene rings is 1. The molecule has 1 fully saturated rings. The Hall–Kier alpha value is -1.73. The third-order valence-electron chi connectivity index (χ3n) is 4.02. The molecule has 0 spiro atoms. The number of rotatable bonds is 5. The average molecular weight is 332 g/mol. The van der Waals surface area contributed by atoms with Crippen LogP contribution < -0.4 is 10.6 Å². The van der Waals surface area contributed by atoms with Crippen molar-refractivity contribution in [1.29, 1.82) is 0 Å². The Labute approximate surface area is 141 Å². The van der Waals surface area contributed by atoms with Crippen molar-refractivity contribution in [3.63, 3.8) is 0 Å². The standard InChI is InChI=1S/C16H24N6S/c1-11-8-12(2)10-14(9-11)18-16-19-15(20-21-16)17-13-4-6-22(23-3)7-5-13/h8-10,13H,4-7H2,1-3H3,(H3,17,18,19,20,21). The SMILES string of the molecule is CSN1CCC(Nc2nc(Nc3cc(C)cc(C)c3)n[nH]2)CC1. The van der Waals surface area contributed by atoms with Crippen LogP contribution in [0.2, 0.25) is 0 Å². The van der Waals surface area contributed by atoms with Crippen molar-refractivity contribution in [1.82, 2.24) is 19.5 Å². The van der Waals surface area contributed by atoms with Crippen LogP contribution in [0.3, 0.4) is 0 Å². The van der Waals surface area contributed by atoms with E-state index in [-0.39, 0.29) is 0 Å². The zero-order chi connectivity index (χ0) is 16.2. The van der Waals surface area contributed by atoms with Crippen molar-refractivity contribution in [3.8, 4) is 0 Å². The van der Waals surface area contributed by atoms with Gasteiger partial charge in [0.05, 0.1) is 0 Å². The minimum atomic E-state index is 0.459. The highest BCUT2D eigenvalue weighted by Crippen LogP contribution is 2.20. The largest absolute Gasteiger partial charge is 0.352 e. The first kappa shape index (κ1) is 16.1. The highest BCUT2D eigenvalue weighted by Gasteiger charge is 2.19. The summed E-state index contributed by atoms with van der Waals surface area (Å²) in [6, 6.07) is 6.79. The summed E-state index contributed by atoms with van der Waals surface area (Å²) in [5.74, 6) is 1.33. The number of piperidine rings is 1. The molecular weight excluding hydrogens is 308 g/mol. The van der Waals surface area contributed by atoms with E-state index in [9.17, 15) is 0 Å². The van der Waals surface area contributed by atoms with E-state index in [1.807, 2.05) is 11.9 Å². The summed E-state index contributed by atoms with van der Waals surface area (Å²) in [5, 5.41) is 13.9. The lowest BCUT2D eigenvalue weighted by Crippen LogP contribution is -2.35. The van der Waals surface area contributed by atoms with Crippen molar-refractivity contribution in [3.05, 3.63) is 29.3 Å². The lowest BCUT2D eigenvalue weighted by atomic mass is 10.1. The molecule has 1 aromatic carbocycles. The summed E-state index contributed by atoms with van der Waals surface area (Å²) in [5.41, 5.74) is 3.46. The van der Waals surface area contributed by atoms with E-state index < -0.39 is 0 Å². The molecule has 1 saturated heterocycles. The van der Waals surface area contributed by atoms with Gasteiger partial charge < -0.3 is 10.6 Å². The molecule has 3 rings (SSSR count). The minimum Gasteiger partial charge on any atom is -0.352 e. The van der Waals surface area contributed by atoms with Gasteiger partial charge in [-0.05, 0) is 56.2 Å². The summed E-state index contributed by atoms with van der Waals surface area (Å²) >= 11 is 1.82. The first-order valence-electron chi connectivity index (χ1n) is 7.95. The summed E-state index contributed by atoms with van der Waals surface area (Å²) in [6.45, 7) is 6.40. The predicted octanol–water partition coefficient (Wildman–Crippen LogP) is 3.32. The molecule has 0 amide bonds. The Bertz CT molecular complexity index is 628. The van der Waals surface area contributed by atoms with Crippen molar-refractivity contribution in [2.24, 2.45) is 0 Å². The predicted molar refractivity (Wildman–Crippen MR) is 97.3 cm³/mol. The van der Waals surface area contributed by atoms with Crippen LogP contribution in [-0.2, 0) is 0 Å². The van der Waals surface area contributed by atoms with Gasteiger partial charge in [0.1, 0.15) is 0 Å². The van der Waals surface area contributed by atoms with Crippen molar-refractivity contribution in [2.45, 2.75) is 32.7 Å². The van der Waals surface area contributed by atoms with Gasteiger partial charge in [0, 0.05) is 24.8 Å². The van der Waals surface area contributed by atoms with E-state index in [2.05, 4.69) is 68.4 Å². The van der Waals surface area contributed by atoms with Gasteiger partial charge in [-0.25, -0.2) is 5.10 Å². The molecule has 0 radical (unpaired) electrons. The van der Waals surface area contributed by atoms with Gasteiger partial charge in [-0.1, -0.05) is 18.0 Å². The molecule has 7 heteroatoms. The van der Waals surface area contributed by atoms with Gasteiger partial charge in [0.2, 0.25) is 11.9 Å². The van der Waals surface area contributed by atoms with E-state index in [0.29, 0.717) is 12.0 Å². The average Bonchev–Trinajstić information content (AvgIpc) is 2.94. The number of aromatic nitrogens is 3. The van der Waals surface area contributed by atoms with Gasteiger partial charge >= 0.3 is 0 Å². The molecule has 0 bridgehead atoms. The van der Waals surface area contributed by atoms with Crippen molar-refractivity contribution >= 4 is 29.5 Å². The molecule has 3 N–H and O–H groups in total. The Kier molecular flexibility index (Phi) is 5.07. The maximum absolute atomic E-state index is 4.49. The molecular formula is C16H24N6S. The molecule has 2 heterocycles. The lowest BCUT2D eigenvalue weighted by molar-refractivity contribution is 0.358. The topological polar surface area (TPSA) is 68.9 Å². The maximum atomic E-state index is 4.49. The fraction of sp³-hybridized carbons (Fsp3) is 0.500. The molecule has 23 heavy (non-hydrogen) atoms. The van der Waals surface area contributed by atoms with Crippen LogP contribution in [0, 0.1) is 13.8 Å². The molecule has 124 valence electrons. The lowest BCUT2D eigenvalue weighted by Gasteiger charge is -2.30. The van der Waals surface area contributed by atoms with Crippen LogP contribution in [0.15, 0.2) is 18.2 Å². The number of aromatic amines is 1. The fourth-order valence-corrected chi connectivity index (χ4v) is 3.51. The Balaban J connectivity index is 1.58. The number of hydrogen-bond acceptors (Lipinski definition) is 6. The minimum absolute atomic E-state index is 0.459. The normalized spacial score (nSPS) is 16.5. The number of hydrogen-bond donors (Lipinski definition) is 3. The van der Waals surface area contributed by atoms with Crippen LogP contribution in [-0.4, -0.2) is 44.9 Å². The van der Waals surface area contributed by atoms with Crippen LogP contribution in [0.5, 0.6) is 0 Å². The number of nitrogens with one attached hydrogen (secondary N) is 3. The van der Waals surface area contributed by atoms with E-state index in [0.717, 1.165) is 37.6 Å². The summed E-state index contributed by atoms with van der Waals surface area (Å²) in [4.78, 5) is 4.49. The first-order valence-corrected chi connectivity index (χ1v) is 9.14. The Morgan fingerprint density at radius 2 is 1.87 bits per heavy atom. The molecule has 1 aliphatic heterocycles. The van der Waals surface area contributed by atoms with Crippen LogP contribution in [0.25, 0.3) is 0 Å². The van der Waals surface area contributed by atoms with E-state index in [1.165, 1.54) is 11.1 Å². The highest BCUT2D eigenvalue weighted by molar-refractivity contribution is 7.96. The zero-order valence-corrected chi connectivity index (χ0v) is 14.7. The van der Waals surface area contributed by atoms with Gasteiger partial charge in [-0.2, -0.15) is 4.98 Å².